The molecule has 0 aromatic heterocycles. The second kappa shape index (κ2) is 7.50. The fourth-order valence-electron chi connectivity index (χ4n) is 1.23. The maximum Gasteiger partial charge on any atom is 0.0595 e. The number of unbranched alkanes of at least 4 members (excludes halogenated alkanes) is 1. The largest absolute Gasteiger partial charge is 0.313 e. The van der Waals surface area contributed by atoms with E-state index in [9.17, 15) is 0 Å². The van der Waals surface area contributed by atoms with Crippen LogP contribution >= 0.6 is 39.1 Å². The first kappa shape index (κ1) is 13.3. The predicted molar refractivity (Wildman–Crippen MR) is 71.2 cm³/mol. The van der Waals surface area contributed by atoms with Crippen LogP contribution in [-0.2, 0) is 6.54 Å². The molecule has 0 radical (unpaired) electrons. The van der Waals surface area contributed by atoms with Gasteiger partial charge in [0.1, 0.15) is 0 Å². The molecule has 1 rings (SSSR count). The van der Waals surface area contributed by atoms with E-state index in [0.717, 1.165) is 18.4 Å². The van der Waals surface area contributed by atoms with Crippen molar-refractivity contribution in [2.75, 3.05) is 11.9 Å². The minimum atomic E-state index is 0.611. The number of rotatable bonds is 6. The summed E-state index contributed by atoms with van der Waals surface area (Å²) < 4.78 is 0. The molecular formula is C11H14BrCl2N. The Morgan fingerprint density at radius 2 is 1.93 bits per heavy atom. The highest BCUT2D eigenvalue weighted by atomic mass is 79.9. The molecule has 0 amide bonds. The number of alkyl halides is 1. The monoisotopic (exact) mass is 309 g/mol. The number of hydrogen-bond donors (Lipinski definition) is 1. The zero-order valence-electron chi connectivity index (χ0n) is 8.40. The molecule has 0 fully saturated rings. The lowest BCUT2D eigenvalue weighted by Gasteiger charge is -2.05. The second-order valence-corrected chi connectivity index (χ2v) is 4.93. The van der Waals surface area contributed by atoms with Gasteiger partial charge in [-0.15, -0.1) is 0 Å². The molecule has 0 heterocycles. The van der Waals surface area contributed by atoms with Crippen LogP contribution in [0.5, 0.6) is 0 Å². The molecule has 0 saturated carbocycles. The van der Waals surface area contributed by atoms with Crippen molar-refractivity contribution in [3.63, 3.8) is 0 Å². The lowest BCUT2D eigenvalue weighted by atomic mass is 10.2. The van der Waals surface area contributed by atoms with Gasteiger partial charge in [-0.1, -0.05) is 45.2 Å². The average molecular weight is 311 g/mol. The molecule has 0 atom stereocenters. The minimum Gasteiger partial charge on any atom is -0.313 e. The zero-order valence-corrected chi connectivity index (χ0v) is 11.5. The molecule has 0 spiro atoms. The van der Waals surface area contributed by atoms with Crippen molar-refractivity contribution in [1.29, 1.82) is 0 Å². The van der Waals surface area contributed by atoms with Crippen LogP contribution < -0.4 is 5.32 Å². The van der Waals surface area contributed by atoms with Gasteiger partial charge in [-0.2, -0.15) is 0 Å². The second-order valence-electron chi connectivity index (χ2n) is 3.32. The van der Waals surface area contributed by atoms with Gasteiger partial charge < -0.3 is 5.32 Å². The SMILES string of the molecule is Clc1ccc(CNCCCCBr)cc1Cl. The molecule has 0 saturated heterocycles. The zero-order chi connectivity index (χ0) is 11.1. The Hall–Kier alpha value is 0.240. The van der Waals surface area contributed by atoms with Gasteiger partial charge >= 0.3 is 0 Å². The number of benzene rings is 1. The van der Waals surface area contributed by atoms with Crippen molar-refractivity contribution in [2.24, 2.45) is 0 Å². The van der Waals surface area contributed by atoms with Gasteiger partial charge in [-0.05, 0) is 37.1 Å². The van der Waals surface area contributed by atoms with Crippen LogP contribution in [0.1, 0.15) is 18.4 Å². The summed E-state index contributed by atoms with van der Waals surface area (Å²) in [6, 6.07) is 5.73. The number of halogens is 3. The molecule has 1 aromatic carbocycles. The van der Waals surface area contributed by atoms with Gasteiger partial charge in [0.2, 0.25) is 0 Å². The molecule has 1 nitrogen and oxygen atoms in total. The summed E-state index contributed by atoms with van der Waals surface area (Å²) in [5, 5.41) is 5.66. The summed E-state index contributed by atoms with van der Waals surface area (Å²) in [5.41, 5.74) is 1.17. The van der Waals surface area contributed by atoms with E-state index in [1.807, 2.05) is 18.2 Å². The van der Waals surface area contributed by atoms with Crippen molar-refractivity contribution < 1.29 is 0 Å². The summed E-state index contributed by atoms with van der Waals surface area (Å²) in [5.74, 6) is 0. The summed E-state index contributed by atoms with van der Waals surface area (Å²) in [7, 11) is 0. The maximum atomic E-state index is 5.91. The van der Waals surface area contributed by atoms with E-state index >= 15 is 0 Å². The molecule has 4 heteroatoms. The first-order valence-corrected chi connectivity index (χ1v) is 6.82. The molecule has 0 aliphatic heterocycles. The highest BCUT2D eigenvalue weighted by Gasteiger charge is 1.98. The van der Waals surface area contributed by atoms with Crippen molar-refractivity contribution in [1.82, 2.24) is 5.32 Å². The Kier molecular flexibility index (Phi) is 6.66. The molecular weight excluding hydrogens is 297 g/mol. The molecule has 84 valence electrons. The molecule has 0 aliphatic rings. The lowest BCUT2D eigenvalue weighted by molar-refractivity contribution is 0.645. The van der Waals surface area contributed by atoms with Crippen LogP contribution in [0.2, 0.25) is 10.0 Å². The summed E-state index contributed by atoms with van der Waals surface area (Å²) >= 11 is 15.1. The Morgan fingerprint density at radius 3 is 2.60 bits per heavy atom. The topological polar surface area (TPSA) is 12.0 Å². The average Bonchev–Trinajstić information content (AvgIpc) is 2.23. The van der Waals surface area contributed by atoms with E-state index in [0.29, 0.717) is 10.0 Å². The Labute approximate surface area is 109 Å². The van der Waals surface area contributed by atoms with Gasteiger partial charge in [-0.3, -0.25) is 0 Å². The van der Waals surface area contributed by atoms with Crippen molar-refractivity contribution in [3.8, 4) is 0 Å². The quantitative estimate of drug-likeness (QED) is 0.611. The normalized spacial score (nSPS) is 10.6. The van der Waals surface area contributed by atoms with Crippen LogP contribution in [0.25, 0.3) is 0 Å². The fraction of sp³-hybridized carbons (Fsp3) is 0.455. The van der Waals surface area contributed by atoms with E-state index in [4.69, 9.17) is 23.2 Å². The van der Waals surface area contributed by atoms with E-state index in [1.54, 1.807) is 0 Å². The highest BCUT2D eigenvalue weighted by Crippen LogP contribution is 2.22. The predicted octanol–water partition coefficient (Wildman–Crippen LogP) is 4.26. The smallest absolute Gasteiger partial charge is 0.0595 e. The Balaban J connectivity index is 2.28. The maximum absolute atomic E-state index is 5.91. The van der Waals surface area contributed by atoms with Crippen molar-refractivity contribution in [3.05, 3.63) is 33.8 Å². The molecule has 0 unspecified atom stereocenters. The van der Waals surface area contributed by atoms with E-state index in [2.05, 4.69) is 21.2 Å². The van der Waals surface area contributed by atoms with Crippen LogP contribution in [0, 0.1) is 0 Å². The van der Waals surface area contributed by atoms with Crippen LogP contribution in [0.4, 0.5) is 0 Å². The third kappa shape index (κ3) is 5.21. The lowest BCUT2D eigenvalue weighted by Crippen LogP contribution is -2.14. The van der Waals surface area contributed by atoms with E-state index in [-0.39, 0.29) is 0 Å². The Morgan fingerprint density at radius 1 is 1.13 bits per heavy atom. The molecule has 0 aliphatic carbocycles. The van der Waals surface area contributed by atoms with E-state index < -0.39 is 0 Å². The Bertz CT molecular complexity index is 305. The highest BCUT2D eigenvalue weighted by molar-refractivity contribution is 9.09. The van der Waals surface area contributed by atoms with Gasteiger partial charge in [0.15, 0.2) is 0 Å². The molecule has 1 aromatic rings. The first-order chi connectivity index (χ1) is 7.24. The third-order valence-corrected chi connectivity index (χ3v) is 3.35. The van der Waals surface area contributed by atoms with Gasteiger partial charge in [-0.25, -0.2) is 0 Å². The van der Waals surface area contributed by atoms with Crippen LogP contribution in [-0.4, -0.2) is 11.9 Å². The summed E-state index contributed by atoms with van der Waals surface area (Å²) in [6.07, 6.45) is 2.39. The third-order valence-electron chi connectivity index (χ3n) is 2.05. The first-order valence-electron chi connectivity index (χ1n) is 4.94. The fourth-order valence-corrected chi connectivity index (χ4v) is 1.94. The minimum absolute atomic E-state index is 0.611. The van der Waals surface area contributed by atoms with E-state index in [1.165, 1.54) is 18.4 Å². The van der Waals surface area contributed by atoms with Crippen molar-refractivity contribution in [2.45, 2.75) is 19.4 Å². The summed E-state index contributed by atoms with van der Waals surface area (Å²) in [4.78, 5) is 0. The van der Waals surface area contributed by atoms with Gasteiger partial charge in [0, 0.05) is 11.9 Å². The van der Waals surface area contributed by atoms with Crippen LogP contribution in [0.15, 0.2) is 18.2 Å². The molecule has 1 N–H and O–H groups in total. The standard InChI is InChI=1S/C11H14BrCl2N/c12-5-1-2-6-15-8-9-3-4-10(13)11(14)7-9/h3-4,7,15H,1-2,5-6,8H2. The molecule has 15 heavy (non-hydrogen) atoms. The van der Waals surface area contributed by atoms with Crippen molar-refractivity contribution >= 4 is 39.1 Å². The number of nitrogens with one attached hydrogen (secondary N) is 1. The number of hydrogen-bond acceptors (Lipinski definition) is 1. The molecule has 0 bridgehead atoms. The van der Waals surface area contributed by atoms with Crippen LogP contribution in [0.3, 0.4) is 0 Å². The summed E-state index contributed by atoms with van der Waals surface area (Å²) in [6.45, 7) is 1.88. The van der Waals surface area contributed by atoms with Gasteiger partial charge in [0.25, 0.3) is 0 Å². The van der Waals surface area contributed by atoms with Gasteiger partial charge in [0.05, 0.1) is 10.0 Å².